The number of imidazole rings is 1. The molecule has 0 aliphatic rings. The molecule has 0 fully saturated rings. The third kappa shape index (κ3) is 4.25. The van der Waals surface area contributed by atoms with E-state index in [9.17, 15) is 4.79 Å². The summed E-state index contributed by atoms with van der Waals surface area (Å²) < 4.78 is 3.95. The Balaban J connectivity index is 1.61. The molecule has 24 heavy (non-hydrogen) atoms. The van der Waals surface area contributed by atoms with E-state index in [1.165, 1.54) is 5.56 Å². The monoisotopic (exact) mass is 359 g/mol. The molecule has 0 aliphatic carbocycles. The van der Waals surface area contributed by atoms with Crippen molar-refractivity contribution >= 4 is 29.0 Å². The van der Waals surface area contributed by atoms with Crippen LogP contribution in [-0.2, 0) is 19.5 Å². The lowest BCUT2D eigenvalue weighted by Gasteiger charge is -2.01. The molecule has 0 saturated carbocycles. The first-order valence-electron chi connectivity index (χ1n) is 7.69. The van der Waals surface area contributed by atoms with Crippen LogP contribution >= 0.6 is 23.2 Å². The number of hydrogen-bond donors (Lipinski definition) is 0. The zero-order chi connectivity index (χ0) is 16.9. The SMILES string of the molecule is O=C(Cn1cc[n+](CCc2ccccc2)c1)c1ccc(Cl)c(Cl)c1. The average Bonchev–Trinajstić information content (AvgIpc) is 3.04. The molecule has 0 saturated heterocycles. The van der Waals surface area contributed by atoms with Crippen molar-refractivity contribution in [2.24, 2.45) is 0 Å². The molecule has 0 bridgehead atoms. The van der Waals surface area contributed by atoms with Gasteiger partial charge in [0.25, 0.3) is 0 Å². The second-order valence-electron chi connectivity index (χ2n) is 5.61. The fourth-order valence-electron chi connectivity index (χ4n) is 2.49. The molecule has 122 valence electrons. The number of halogens is 2. The Hall–Kier alpha value is -2.10. The smallest absolute Gasteiger partial charge is 0.244 e. The molecule has 0 radical (unpaired) electrons. The summed E-state index contributed by atoms with van der Waals surface area (Å²) in [7, 11) is 0. The topological polar surface area (TPSA) is 25.9 Å². The van der Waals surface area contributed by atoms with Gasteiger partial charge in [-0.05, 0) is 23.8 Å². The summed E-state index contributed by atoms with van der Waals surface area (Å²) in [6.45, 7) is 1.15. The summed E-state index contributed by atoms with van der Waals surface area (Å²) >= 11 is 11.9. The number of benzene rings is 2. The predicted octanol–water partition coefficient (Wildman–Crippen LogP) is 4.21. The number of aryl methyl sites for hydroxylation is 2. The maximum atomic E-state index is 12.3. The number of carbonyl (C=O) groups is 1. The first-order chi connectivity index (χ1) is 11.6. The van der Waals surface area contributed by atoms with Gasteiger partial charge in [-0.2, -0.15) is 0 Å². The van der Waals surface area contributed by atoms with E-state index < -0.39 is 0 Å². The van der Waals surface area contributed by atoms with E-state index in [1.54, 1.807) is 18.2 Å². The number of ketones is 1. The lowest BCUT2D eigenvalue weighted by atomic mass is 10.1. The lowest BCUT2D eigenvalue weighted by molar-refractivity contribution is -0.696. The zero-order valence-corrected chi connectivity index (χ0v) is 14.5. The van der Waals surface area contributed by atoms with Gasteiger partial charge in [0.15, 0.2) is 6.54 Å². The molecular formula is C19H17Cl2N2O+. The van der Waals surface area contributed by atoms with E-state index in [1.807, 2.05) is 41.5 Å². The van der Waals surface area contributed by atoms with Gasteiger partial charge in [0.1, 0.15) is 12.4 Å². The summed E-state index contributed by atoms with van der Waals surface area (Å²) in [5.41, 5.74) is 1.86. The maximum Gasteiger partial charge on any atom is 0.244 e. The van der Waals surface area contributed by atoms with Crippen LogP contribution in [0.5, 0.6) is 0 Å². The van der Waals surface area contributed by atoms with Gasteiger partial charge in [0.2, 0.25) is 12.1 Å². The third-order valence-electron chi connectivity index (χ3n) is 3.82. The highest BCUT2D eigenvalue weighted by atomic mass is 35.5. The van der Waals surface area contributed by atoms with Crippen LogP contribution in [0.3, 0.4) is 0 Å². The van der Waals surface area contributed by atoms with Gasteiger partial charge in [0.05, 0.1) is 16.6 Å². The van der Waals surface area contributed by atoms with E-state index in [0.717, 1.165) is 13.0 Å². The zero-order valence-electron chi connectivity index (χ0n) is 13.0. The van der Waals surface area contributed by atoms with Crippen LogP contribution < -0.4 is 4.57 Å². The second kappa shape index (κ2) is 7.65. The van der Waals surface area contributed by atoms with Crippen LogP contribution in [0.2, 0.25) is 10.0 Å². The second-order valence-corrected chi connectivity index (χ2v) is 6.43. The first-order valence-corrected chi connectivity index (χ1v) is 8.44. The Kier molecular flexibility index (Phi) is 5.34. The van der Waals surface area contributed by atoms with Crippen molar-refractivity contribution in [3.05, 3.63) is 88.4 Å². The normalized spacial score (nSPS) is 10.8. The molecule has 1 aromatic heterocycles. The molecule has 0 aliphatic heterocycles. The molecule has 0 unspecified atom stereocenters. The van der Waals surface area contributed by atoms with Crippen molar-refractivity contribution < 1.29 is 9.36 Å². The van der Waals surface area contributed by atoms with Crippen molar-refractivity contribution in [2.75, 3.05) is 0 Å². The number of aromatic nitrogens is 2. The largest absolute Gasteiger partial charge is 0.290 e. The molecule has 3 nitrogen and oxygen atoms in total. The molecule has 0 N–H and O–H groups in total. The summed E-state index contributed by atoms with van der Waals surface area (Å²) in [5, 5.41) is 0.848. The third-order valence-corrected chi connectivity index (χ3v) is 4.55. The van der Waals surface area contributed by atoms with E-state index in [0.29, 0.717) is 15.6 Å². The van der Waals surface area contributed by atoms with Gasteiger partial charge < -0.3 is 0 Å². The van der Waals surface area contributed by atoms with Crippen molar-refractivity contribution in [3.63, 3.8) is 0 Å². The van der Waals surface area contributed by atoms with Gasteiger partial charge in [-0.3, -0.25) is 4.79 Å². The molecule has 0 atom stereocenters. The molecule has 3 rings (SSSR count). The van der Waals surface area contributed by atoms with E-state index >= 15 is 0 Å². The standard InChI is InChI=1S/C19H17Cl2N2O/c20-17-7-6-16(12-18(17)21)19(24)13-23-11-10-22(14-23)9-8-15-4-2-1-3-5-15/h1-7,10-12,14H,8-9,13H2/q+1. The van der Waals surface area contributed by atoms with E-state index in [2.05, 4.69) is 16.7 Å². The Bertz CT molecular complexity index is 844. The number of carbonyl (C=O) groups excluding carboxylic acids is 1. The van der Waals surface area contributed by atoms with E-state index in [4.69, 9.17) is 23.2 Å². The van der Waals surface area contributed by atoms with Crippen molar-refractivity contribution in [3.8, 4) is 0 Å². The molecule has 0 amide bonds. The highest BCUT2D eigenvalue weighted by Crippen LogP contribution is 2.22. The van der Waals surface area contributed by atoms with Gasteiger partial charge in [-0.1, -0.05) is 53.5 Å². The Morgan fingerprint density at radius 1 is 1.04 bits per heavy atom. The summed E-state index contributed by atoms with van der Waals surface area (Å²) in [6.07, 6.45) is 6.78. The van der Waals surface area contributed by atoms with Gasteiger partial charge in [0, 0.05) is 12.0 Å². The van der Waals surface area contributed by atoms with E-state index in [-0.39, 0.29) is 12.3 Å². The number of rotatable bonds is 6. The van der Waals surface area contributed by atoms with Crippen LogP contribution in [0.4, 0.5) is 0 Å². The van der Waals surface area contributed by atoms with Crippen LogP contribution in [0.25, 0.3) is 0 Å². The quantitative estimate of drug-likeness (QED) is 0.478. The Labute approximate surface area is 151 Å². The fourth-order valence-corrected chi connectivity index (χ4v) is 2.79. The van der Waals surface area contributed by atoms with Crippen LogP contribution in [0.15, 0.2) is 67.3 Å². The maximum absolute atomic E-state index is 12.3. The fraction of sp³-hybridized carbons (Fsp3) is 0.158. The molecule has 5 heteroatoms. The minimum Gasteiger partial charge on any atom is -0.290 e. The number of nitrogens with zero attached hydrogens (tertiary/aromatic N) is 2. The number of Topliss-reactive ketones (excluding diaryl/α,β-unsaturated/α-hetero) is 1. The van der Waals surface area contributed by atoms with Gasteiger partial charge in [-0.15, -0.1) is 0 Å². The molecule has 1 heterocycles. The summed E-state index contributed by atoms with van der Waals surface area (Å²) in [5.74, 6) is -0.000578. The summed E-state index contributed by atoms with van der Waals surface area (Å²) in [6, 6.07) is 15.3. The van der Waals surface area contributed by atoms with Gasteiger partial charge in [-0.25, -0.2) is 9.13 Å². The van der Waals surface area contributed by atoms with Gasteiger partial charge >= 0.3 is 0 Å². The Morgan fingerprint density at radius 3 is 2.58 bits per heavy atom. The first kappa shape index (κ1) is 16.7. The summed E-state index contributed by atoms with van der Waals surface area (Å²) in [4.78, 5) is 12.3. The highest BCUT2D eigenvalue weighted by molar-refractivity contribution is 6.42. The Morgan fingerprint density at radius 2 is 1.83 bits per heavy atom. The predicted molar refractivity (Wildman–Crippen MR) is 95.6 cm³/mol. The molecule has 3 aromatic rings. The van der Waals surface area contributed by atoms with Crippen molar-refractivity contribution in [2.45, 2.75) is 19.5 Å². The van der Waals surface area contributed by atoms with Crippen LogP contribution in [0.1, 0.15) is 15.9 Å². The molecular weight excluding hydrogens is 343 g/mol. The molecule has 0 spiro atoms. The van der Waals surface area contributed by atoms with Crippen molar-refractivity contribution in [1.82, 2.24) is 4.57 Å². The number of hydrogen-bond acceptors (Lipinski definition) is 1. The highest BCUT2D eigenvalue weighted by Gasteiger charge is 2.13. The molecule has 2 aromatic carbocycles. The van der Waals surface area contributed by atoms with Crippen molar-refractivity contribution in [1.29, 1.82) is 0 Å². The average molecular weight is 360 g/mol. The lowest BCUT2D eigenvalue weighted by Crippen LogP contribution is -2.32. The minimum absolute atomic E-state index is 0.000578. The van der Waals surface area contributed by atoms with Crippen LogP contribution in [-0.4, -0.2) is 10.4 Å². The minimum atomic E-state index is -0.000578. The van der Waals surface area contributed by atoms with Crippen LogP contribution in [0, 0.1) is 0 Å².